The van der Waals surface area contributed by atoms with Crippen LogP contribution < -0.4 is 0 Å². The van der Waals surface area contributed by atoms with E-state index in [1.165, 1.54) is 60.7 Å². The number of fused-ring (bicyclic) bond motifs is 8. The summed E-state index contributed by atoms with van der Waals surface area (Å²) in [6, 6.07) is 18.7. The largest absolute Gasteiger partial charge is 0.462 e. The van der Waals surface area contributed by atoms with Crippen molar-refractivity contribution in [1.82, 2.24) is 19.9 Å². The van der Waals surface area contributed by atoms with Crippen LogP contribution in [-0.4, -0.2) is 40.6 Å². The lowest BCUT2D eigenvalue weighted by Crippen LogP contribution is -2.22. The highest BCUT2D eigenvalue weighted by molar-refractivity contribution is 6.76. The molecule has 6 nitrogen and oxygen atoms in total. The summed E-state index contributed by atoms with van der Waals surface area (Å²) in [6.45, 7) is 6.72. The Hall–Kier alpha value is -6.13. The first-order valence-electron chi connectivity index (χ1n) is 17.2. The normalized spacial score (nSPS) is 12.9. The van der Waals surface area contributed by atoms with Crippen molar-refractivity contribution in [2.45, 2.75) is 38.0 Å². The maximum Gasteiger partial charge on any atom is 0.420 e. The summed E-state index contributed by atoms with van der Waals surface area (Å²) >= 11 is 0. The van der Waals surface area contributed by atoms with Crippen LogP contribution in [0.25, 0.3) is 68.6 Å². The Kier molecular flexibility index (Phi) is 9.42. The molecule has 13 heteroatoms. The van der Waals surface area contributed by atoms with Gasteiger partial charge in [-0.15, -0.1) is 6.42 Å². The SMILES string of the molecule is C#Cc1ccc(-c2c3nc(c(C(F)(F)F)c4ccc([nH]4)c(-c4ccc(C(=O)OCC[Si](C)(C)C)cc4)c4nc(c(C(F)(F)F)c5ccc2[nH]5)C=C4)C=C3)cc1. The highest BCUT2D eigenvalue weighted by atomic mass is 28.3. The van der Waals surface area contributed by atoms with Crippen molar-refractivity contribution in [2.24, 2.45) is 0 Å². The predicted molar refractivity (Wildman–Crippen MR) is 206 cm³/mol. The Bertz CT molecular complexity index is 2590. The number of terminal acetylenes is 1. The van der Waals surface area contributed by atoms with Crippen molar-refractivity contribution in [3.63, 3.8) is 0 Å². The summed E-state index contributed by atoms with van der Waals surface area (Å²) in [4.78, 5) is 27.3. The van der Waals surface area contributed by atoms with Gasteiger partial charge in [-0.1, -0.05) is 49.8 Å². The van der Waals surface area contributed by atoms with E-state index in [1.807, 2.05) is 0 Å². The lowest BCUT2D eigenvalue weighted by atomic mass is 10.0. The van der Waals surface area contributed by atoms with Gasteiger partial charge >= 0.3 is 18.3 Å². The van der Waals surface area contributed by atoms with Gasteiger partial charge in [0.1, 0.15) is 11.1 Å². The zero-order chi connectivity index (χ0) is 39.3. The molecule has 2 aliphatic rings. The molecule has 5 aromatic rings. The topological polar surface area (TPSA) is 83.7 Å². The number of hydrogen-bond acceptors (Lipinski definition) is 4. The lowest BCUT2D eigenvalue weighted by Gasteiger charge is -2.15. The van der Waals surface area contributed by atoms with Crippen LogP contribution in [0.2, 0.25) is 25.7 Å². The number of carbonyl (C=O) groups is 1. The number of hydrogen-bond donors (Lipinski definition) is 2. The van der Waals surface area contributed by atoms with E-state index in [0.717, 1.165) is 6.04 Å². The molecule has 2 aliphatic heterocycles. The van der Waals surface area contributed by atoms with E-state index in [-0.39, 0.29) is 56.8 Å². The van der Waals surface area contributed by atoms with E-state index in [9.17, 15) is 31.1 Å². The van der Waals surface area contributed by atoms with Gasteiger partial charge in [0.15, 0.2) is 0 Å². The van der Waals surface area contributed by atoms with Gasteiger partial charge in [-0.25, -0.2) is 14.8 Å². The van der Waals surface area contributed by atoms with Crippen LogP contribution in [0.5, 0.6) is 0 Å². The number of aromatic nitrogens is 4. The van der Waals surface area contributed by atoms with E-state index >= 15 is 0 Å². The van der Waals surface area contributed by atoms with Crippen molar-refractivity contribution in [3.05, 3.63) is 118 Å². The van der Waals surface area contributed by atoms with Gasteiger partial charge in [-0.2, -0.15) is 26.3 Å². The fourth-order valence-electron chi connectivity index (χ4n) is 6.45. The summed E-state index contributed by atoms with van der Waals surface area (Å²) in [5.74, 6) is 1.95. The van der Waals surface area contributed by atoms with Crippen molar-refractivity contribution >= 4 is 60.4 Å². The van der Waals surface area contributed by atoms with Crippen LogP contribution >= 0.6 is 0 Å². The summed E-state index contributed by atoms with van der Waals surface area (Å²) in [6.07, 6.45) is 0.978. The van der Waals surface area contributed by atoms with E-state index in [2.05, 4.69) is 45.5 Å². The van der Waals surface area contributed by atoms with Crippen molar-refractivity contribution in [2.75, 3.05) is 6.61 Å². The van der Waals surface area contributed by atoms with Crippen LogP contribution in [0.4, 0.5) is 26.3 Å². The molecule has 0 saturated heterocycles. The zero-order valence-electron chi connectivity index (χ0n) is 29.7. The molecule has 55 heavy (non-hydrogen) atoms. The molecule has 2 N–H and O–H groups in total. The van der Waals surface area contributed by atoms with Crippen LogP contribution in [0.1, 0.15) is 49.8 Å². The highest BCUT2D eigenvalue weighted by Crippen LogP contribution is 2.41. The first-order chi connectivity index (χ1) is 26.0. The van der Waals surface area contributed by atoms with Crippen molar-refractivity contribution in [1.29, 1.82) is 0 Å². The Morgan fingerprint density at radius 2 is 1.07 bits per heavy atom. The predicted octanol–water partition coefficient (Wildman–Crippen LogP) is 11.5. The molecule has 278 valence electrons. The van der Waals surface area contributed by atoms with Gasteiger partial charge in [0.2, 0.25) is 0 Å². The van der Waals surface area contributed by atoms with Gasteiger partial charge in [-0.05, 0) is 90.0 Å². The number of aromatic amines is 2. The molecular formula is C42H32F6N4O2Si. The number of nitrogens with zero attached hydrogens (tertiary/aromatic N) is 2. The molecule has 3 aromatic heterocycles. The number of alkyl halides is 6. The quantitative estimate of drug-likeness (QED) is 0.0764. The van der Waals surface area contributed by atoms with Crippen LogP contribution in [-0.2, 0) is 17.1 Å². The minimum atomic E-state index is -4.87. The molecular weight excluding hydrogens is 735 g/mol. The number of H-pyrrole nitrogens is 2. The lowest BCUT2D eigenvalue weighted by molar-refractivity contribution is -0.137. The molecule has 0 spiro atoms. The van der Waals surface area contributed by atoms with E-state index in [0.29, 0.717) is 16.7 Å². The van der Waals surface area contributed by atoms with E-state index in [4.69, 9.17) is 11.2 Å². The smallest absolute Gasteiger partial charge is 0.420 e. The highest BCUT2D eigenvalue weighted by Gasteiger charge is 2.38. The molecule has 8 bridgehead atoms. The summed E-state index contributed by atoms with van der Waals surface area (Å²) in [7, 11) is -1.46. The van der Waals surface area contributed by atoms with E-state index < -0.39 is 48.9 Å². The van der Waals surface area contributed by atoms with Crippen molar-refractivity contribution < 1.29 is 35.9 Å². The second-order valence-electron chi connectivity index (χ2n) is 14.2. The van der Waals surface area contributed by atoms with Gasteiger partial charge < -0.3 is 14.7 Å². The molecule has 0 amide bonds. The number of benzene rings is 2. The monoisotopic (exact) mass is 766 g/mol. The molecule has 0 atom stereocenters. The molecule has 0 unspecified atom stereocenters. The molecule has 7 rings (SSSR count). The molecule has 0 aliphatic carbocycles. The van der Waals surface area contributed by atoms with E-state index in [1.54, 1.807) is 36.4 Å². The van der Waals surface area contributed by atoms with Crippen LogP contribution in [0.15, 0.2) is 72.8 Å². The molecule has 0 fully saturated rings. The van der Waals surface area contributed by atoms with Crippen molar-refractivity contribution in [3.8, 4) is 34.6 Å². The Morgan fingerprint density at radius 3 is 1.49 bits per heavy atom. The minimum absolute atomic E-state index is 0.0534. The second kappa shape index (κ2) is 13.9. The third kappa shape index (κ3) is 7.63. The summed E-state index contributed by atoms with van der Waals surface area (Å²) < 4.78 is 95.3. The van der Waals surface area contributed by atoms with Gasteiger partial charge in [0.05, 0.1) is 46.0 Å². The zero-order valence-corrected chi connectivity index (χ0v) is 30.7. The summed E-state index contributed by atoms with van der Waals surface area (Å²) in [5, 5.41) is 0. The van der Waals surface area contributed by atoms with Crippen LogP contribution in [0, 0.1) is 12.3 Å². The fraction of sp³-hybridized carbons (Fsp3) is 0.167. The van der Waals surface area contributed by atoms with Gasteiger partial charge in [0.25, 0.3) is 0 Å². The first kappa shape index (κ1) is 37.2. The Balaban J connectivity index is 1.52. The summed E-state index contributed by atoms with van der Waals surface area (Å²) in [5.41, 5.74) is -1.01. The maximum atomic E-state index is 15.0. The molecule has 0 radical (unpaired) electrons. The number of carbonyl (C=O) groups excluding carboxylic acids is 1. The number of rotatable bonds is 6. The number of halogens is 6. The third-order valence-corrected chi connectivity index (χ3v) is 10.9. The Labute approximate surface area is 312 Å². The van der Waals surface area contributed by atoms with Crippen LogP contribution in [0.3, 0.4) is 0 Å². The minimum Gasteiger partial charge on any atom is -0.462 e. The maximum absolute atomic E-state index is 15.0. The first-order valence-corrected chi connectivity index (χ1v) is 20.9. The molecule has 5 heterocycles. The standard InChI is InChI=1S/C42H32F6N4O2Si/c1-5-24-6-8-25(9-7-24)36-28-14-18-32(49-28)38(41(43,44)45)34-20-16-30(51-34)37(26-10-12-27(13-11-26)40(53)54-22-23-55(2,3)4)31-17-21-35(52-31)39(42(46,47)48)33-19-15-29(36)50-33/h1,6-21,49,52H,22-23H2,2-4H3. The average Bonchev–Trinajstić information content (AvgIpc) is 3.94. The second-order valence-corrected chi connectivity index (χ2v) is 19.9. The fourth-order valence-corrected chi connectivity index (χ4v) is 7.16. The number of ether oxygens (including phenoxy) is 1. The number of esters is 1. The molecule has 2 aromatic carbocycles. The third-order valence-electron chi connectivity index (χ3n) is 9.16. The van der Waals surface area contributed by atoms with Gasteiger partial charge in [-0.3, -0.25) is 0 Å². The number of nitrogens with one attached hydrogen (secondary N) is 2. The molecule has 0 saturated carbocycles. The Morgan fingerprint density at radius 1 is 0.655 bits per heavy atom. The average molecular weight is 767 g/mol. The van der Waals surface area contributed by atoms with Gasteiger partial charge in [0, 0.05) is 35.8 Å².